The molecule has 0 amide bonds. The fourth-order valence-corrected chi connectivity index (χ4v) is 2.75. The van der Waals surface area contributed by atoms with Gasteiger partial charge in [-0.15, -0.1) is 0 Å². The van der Waals surface area contributed by atoms with Gasteiger partial charge in [-0.05, 0) is 36.0 Å². The summed E-state index contributed by atoms with van der Waals surface area (Å²) >= 11 is 0. The fraction of sp³-hybridized carbons (Fsp3) is 0.600. The van der Waals surface area contributed by atoms with Crippen LogP contribution in [0.5, 0.6) is 5.75 Å². The molecule has 22 heavy (non-hydrogen) atoms. The summed E-state index contributed by atoms with van der Waals surface area (Å²) in [6.07, 6.45) is -6.05. The maximum Gasteiger partial charge on any atom is 0.418 e. The van der Waals surface area contributed by atoms with Gasteiger partial charge in [0, 0.05) is 18.8 Å². The Hall–Kier alpha value is -1.47. The second-order valence-electron chi connectivity index (χ2n) is 5.81. The van der Waals surface area contributed by atoms with Gasteiger partial charge in [-0.25, -0.2) is 0 Å². The molecule has 0 spiro atoms. The summed E-state index contributed by atoms with van der Waals surface area (Å²) in [6.45, 7) is 3.04. The summed E-state index contributed by atoms with van der Waals surface area (Å²) in [4.78, 5) is 0. The second-order valence-corrected chi connectivity index (χ2v) is 5.81. The van der Waals surface area contributed by atoms with Gasteiger partial charge < -0.3 is 20.3 Å². The largest absolute Gasteiger partial charge is 0.494 e. The Balaban J connectivity index is 2.52. The highest BCUT2D eigenvalue weighted by Crippen LogP contribution is 2.44. The van der Waals surface area contributed by atoms with Gasteiger partial charge in [-0.3, -0.25) is 0 Å². The Morgan fingerprint density at radius 1 is 1.32 bits per heavy atom. The number of hydrogen-bond donors (Lipinski definition) is 2. The van der Waals surface area contributed by atoms with Crippen molar-refractivity contribution in [1.29, 1.82) is 0 Å². The SMILES string of the molecule is COc1c(N)cc(C2(C)CCOCC2)cc1C(O)C(F)(F)F. The molecule has 0 saturated carbocycles. The van der Waals surface area contributed by atoms with Crippen LogP contribution >= 0.6 is 0 Å². The maximum atomic E-state index is 12.9. The molecule has 0 aromatic heterocycles. The molecule has 2 rings (SSSR count). The lowest BCUT2D eigenvalue weighted by molar-refractivity contribution is -0.207. The van der Waals surface area contributed by atoms with Crippen molar-refractivity contribution < 1.29 is 27.8 Å². The summed E-state index contributed by atoms with van der Waals surface area (Å²) in [5.41, 5.74) is 5.91. The predicted molar refractivity (Wildman–Crippen MR) is 75.8 cm³/mol. The van der Waals surface area contributed by atoms with Gasteiger partial charge in [0.15, 0.2) is 6.10 Å². The molecule has 7 heteroatoms. The van der Waals surface area contributed by atoms with Crippen LogP contribution in [-0.4, -0.2) is 31.6 Å². The number of aliphatic hydroxyl groups is 1. The van der Waals surface area contributed by atoms with Crippen LogP contribution in [0, 0.1) is 0 Å². The number of nitrogen functional groups attached to an aromatic ring is 1. The van der Waals surface area contributed by atoms with E-state index in [1.807, 2.05) is 6.92 Å². The van der Waals surface area contributed by atoms with E-state index in [0.29, 0.717) is 31.6 Å². The number of benzene rings is 1. The number of nitrogens with two attached hydrogens (primary N) is 1. The molecule has 3 N–H and O–H groups in total. The van der Waals surface area contributed by atoms with Crippen molar-refractivity contribution in [2.45, 2.75) is 37.5 Å². The maximum absolute atomic E-state index is 12.9. The van der Waals surface area contributed by atoms with Crippen molar-refractivity contribution >= 4 is 5.69 Å². The highest BCUT2D eigenvalue weighted by molar-refractivity contribution is 5.61. The monoisotopic (exact) mass is 319 g/mol. The van der Waals surface area contributed by atoms with E-state index in [1.54, 1.807) is 6.07 Å². The zero-order chi connectivity index (χ0) is 16.5. The first-order valence-corrected chi connectivity index (χ1v) is 6.99. The molecule has 1 unspecified atom stereocenters. The number of rotatable bonds is 3. The molecule has 1 heterocycles. The first-order chi connectivity index (χ1) is 10.2. The van der Waals surface area contributed by atoms with Gasteiger partial charge in [-0.2, -0.15) is 13.2 Å². The number of hydrogen-bond acceptors (Lipinski definition) is 4. The molecule has 1 saturated heterocycles. The van der Waals surface area contributed by atoms with E-state index < -0.39 is 12.3 Å². The number of ether oxygens (including phenoxy) is 2. The van der Waals surface area contributed by atoms with Crippen molar-refractivity contribution in [3.63, 3.8) is 0 Å². The predicted octanol–water partition coefficient (Wildman–Crippen LogP) is 2.94. The summed E-state index contributed by atoms with van der Waals surface area (Å²) in [7, 11) is 1.23. The fourth-order valence-electron chi connectivity index (χ4n) is 2.75. The average molecular weight is 319 g/mol. The summed E-state index contributed by atoms with van der Waals surface area (Å²) < 4.78 is 48.9. The van der Waals surface area contributed by atoms with E-state index in [0.717, 1.165) is 0 Å². The van der Waals surface area contributed by atoms with Gasteiger partial charge in [0.05, 0.1) is 12.8 Å². The van der Waals surface area contributed by atoms with Crippen molar-refractivity contribution in [3.05, 3.63) is 23.3 Å². The molecule has 1 atom stereocenters. The molecule has 1 aromatic rings. The molecule has 4 nitrogen and oxygen atoms in total. The average Bonchev–Trinajstić information content (AvgIpc) is 2.45. The van der Waals surface area contributed by atoms with Crippen molar-refractivity contribution in [3.8, 4) is 5.75 Å². The van der Waals surface area contributed by atoms with Crippen LogP contribution in [0.25, 0.3) is 0 Å². The van der Waals surface area contributed by atoms with Crippen LogP contribution in [0.2, 0.25) is 0 Å². The van der Waals surface area contributed by atoms with E-state index in [4.69, 9.17) is 15.2 Å². The van der Waals surface area contributed by atoms with Crippen molar-refractivity contribution in [1.82, 2.24) is 0 Å². The first-order valence-electron chi connectivity index (χ1n) is 6.99. The summed E-state index contributed by atoms with van der Waals surface area (Å²) in [5.74, 6) is -0.135. The normalized spacial score (nSPS) is 19.7. The van der Waals surface area contributed by atoms with Crippen LogP contribution in [0.1, 0.15) is 37.0 Å². The van der Waals surface area contributed by atoms with Crippen molar-refractivity contribution in [2.24, 2.45) is 0 Å². The van der Waals surface area contributed by atoms with Gasteiger partial charge in [0.25, 0.3) is 0 Å². The van der Waals surface area contributed by atoms with E-state index >= 15 is 0 Å². The van der Waals surface area contributed by atoms with Crippen LogP contribution in [0.15, 0.2) is 12.1 Å². The number of anilines is 1. The molecule has 1 aromatic carbocycles. The minimum absolute atomic E-state index is 0.0889. The molecule has 0 aliphatic carbocycles. The van der Waals surface area contributed by atoms with Crippen molar-refractivity contribution in [2.75, 3.05) is 26.1 Å². The number of halogens is 3. The lowest BCUT2D eigenvalue weighted by atomic mass is 9.75. The van der Waals surface area contributed by atoms with Crippen LogP contribution < -0.4 is 10.5 Å². The minimum atomic E-state index is -4.78. The molecular formula is C15H20F3NO3. The van der Waals surface area contributed by atoms with Gasteiger partial charge >= 0.3 is 6.18 Å². The van der Waals surface area contributed by atoms with Gasteiger partial charge in [-0.1, -0.05) is 6.92 Å². The Kier molecular flexibility index (Phi) is 4.58. The molecule has 0 bridgehead atoms. The first kappa shape index (κ1) is 16.9. The number of aliphatic hydroxyl groups excluding tert-OH is 1. The molecule has 124 valence electrons. The zero-order valence-electron chi connectivity index (χ0n) is 12.5. The minimum Gasteiger partial charge on any atom is -0.494 e. The van der Waals surface area contributed by atoms with Crippen LogP contribution in [0.4, 0.5) is 18.9 Å². The molecule has 1 aliphatic heterocycles. The Morgan fingerprint density at radius 2 is 1.91 bits per heavy atom. The van der Waals surface area contributed by atoms with Gasteiger partial charge in [0.2, 0.25) is 0 Å². The smallest absolute Gasteiger partial charge is 0.418 e. The lowest BCUT2D eigenvalue weighted by Crippen LogP contribution is -2.31. The van der Waals surface area contributed by atoms with E-state index in [1.165, 1.54) is 13.2 Å². The molecule has 0 radical (unpaired) electrons. The van der Waals surface area contributed by atoms with Gasteiger partial charge in [0.1, 0.15) is 5.75 Å². The number of methoxy groups -OCH3 is 1. The Morgan fingerprint density at radius 3 is 2.41 bits per heavy atom. The Bertz CT molecular complexity index is 540. The molecule has 1 aliphatic rings. The summed E-state index contributed by atoms with van der Waals surface area (Å²) in [6, 6.07) is 2.97. The third-order valence-electron chi connectivity index (χ3n) is 4.25. The zero-order valence-corrected chi connectivity index (χ0v) is 12.5. The van der Waals surface area contributed by atoms with E-state index in [9.17, 15) is 18.3 Å². The van der Waals surface area contributed by atoms with Crippen LogP contribution in [0.3, 0.4) is 0 Å². The quantitative estimate of drug-likeness (QED) is 0.841. The highest BCUT2D eigenvalue weighted by Gasteiger charge is 2.42. The third-order valence-corrected chi connectivity index (χ3v) is 4.25. The second kappa shape index (κ2) is 5.96. The van der Waals surface area contributed by atoms with E-state index in [2.05, 4.69) is 0 Å². The Labute approximate surface area is 127 Å². The summed E-state index contributed by atoms with van der Waals surface area (Å²) in [5, 5.41) is 9.61. The van der Waals surface area contributed by atoms with E-state index in [-0.39, 0.29) is 22.4 Å². The highest BCUT2D eigenvalue weighted by atomic mass is 19.4. The topological polar surface area (TPSA) is 64.7 Å². The van der Waals surface area contributed by atoms with Crippen LogP contribution in [-0.2, 0) is 10.2 Å². The molecule has 1 fully saturated rings. The number of alkyl halides is 3. The third kappa shape index (κ3) is 3.15. The standard InChI is InChI=1S/C15H20F3NO3/c1-14(3-5-22-6-4-14)9-7-10(13(20)15(16,17)18)12(21-2)11(19)8-9/h7-8,13,20H,3-6,19H2,1-2H3. The molecular weight excluding hydrogens is 299 g/mol. The lowest BCUT2D eigenvalue weighted by Gasteiger charge is -2.35.